The summed E-state index contributed by atoms with van der Waals surface area (Å²) in [7, 11) is 6.13. The molecule has 3 aliphatic rings. The highest BCUT2D eigenvalue weighted by Gasteiger charge is 2.61. The van der Waals surface area contributed by atoms with Gasteiger partial charge in [0.05, 0.1) is 52.3 Å². The van der Waals surface area contributed by atoms with E-state index >= 15 is 0 Å². The van der Waals surface area contributed by atoms with Crippen LogP contribution in [0, 0.1) is 0 Å². The Morgan fingerprint density at radius 3 is 1.81 bits per heavy atom. The number of allylic oxidation sites excluding steroid dienone is 1. The second kappa shape index (κ2) is 12.2. The lowest BCUT2D eigenvalue weighted by Gasteiger charge is -2.50. The Kier molecular flexibility index (Phi) is 9.14. The number of anilines is 1. The van der Waals surface area contributed by atoms with Crippen molar-refractivity contribution in [2.24, 2.45) is 0 Å². The minimum Gasteiger partial charge on any atom is -0.497 e. The van der Waals surface area contributed by atoms with Crippen LogP contribution >= 0.6 is 35.3 Å². The number of esters is 4. The van der Waals surface area contributed by atoms with E-state index < -0.39 is 33.5 Å². The summed E-state index contributed by atoms with van der Waals surface area (Å²) in [5.74, 6) is -3.31. The minimum absolute atomic E-state index is 0.124. The SMILES string of the molecule is CC=CC(=O)N1c2ccc(OC)cc2C2=C(SC(C(=O)OC)=C(C(=O)OC)C23SC(C(=O)OC)=C(C(=O)OC)S3)C1(C)C. The van der Waals surface area contributed by atoms with Gasteiger partial charge in [0.15, 0.2) is 0 Å². The third-order valence-corrected chi connectivity index (χ3v) is 11.5. The smallest absolute Gasteiger partial charge is 0.345 e. The van der Waals surface area contributed by atoms with Gasteiger partial charge >= 0.3 is 23.9 Å². The zero-order chi connectivity index (χ0) is 31.9. The molecule has 228 valence electrons. The molecule has 14 heteroatoms. The van der Waals surface area contributed by atoms with Crippen LogP contribution in [0.1, 0.15) is 26.3 Å². The van der Waals surface area contributed by atoms with Crippen LogP contribution in [0.5, 0.6) is 5.75 Å². The van der Waals surface area contributed by atoms with Crippen molar-refractivity contribution in [3.63, 3.8) is 0 Å². The standard InChI is InChI=1S/C29H29NO10S3/c1-9-10-17(31)30-16-12-11-14(36-4)13-15(16)18-23(28(30,2)3)41-20(25(33)38-6)19(24(32)37-5)29(18)42-21(26(34)39-7)22(43-29)27(35)40-8/h9-13H,1-8H3. The first kappa shape index (κ1) is 32.3. The molecular weight excluding hydrogens is 619 g/mol. The summed E-state index contributed by atoms with van der Waals surface area (Å²) in [6.45, 7) is 5.32. The molecule has 0 atom stereocenters. The number of carbonyl (C=O) groups is 5. The van der Waals surface area contributed by atoms with E-state index in [1.165, 1.54) is 20.3 Å². The van der Waals surface area contributed by atoms with Crippen LogP contribution in [0.3, 0.4) is 0 Å². The summed E-state index contributed by atoms with van der Waals surface area (Å²) in [6, 6.07) is 5.12. The molecule has 1 aromatic rings. The van der Waals surface area contributed by atoms with Crippen molar-refractivity contribution in [1.29, 1.82) is 0 Å². The van der Waals surface area contributed by atoms with Gasteiger partial charge in [-0.15, -0.1) is 0 Å². The second-order valence-corrected chi connectivity index (χ2v) is 13.3. The molecule has 3 heterocycles. The van der Waals surface area contributed by atoms with Gasteiger partial charge in [0.2, 0.25) is 0 Å². The van der Waals surface area contributed by atoms with Crippen LogP contribution in [-0.4, -0.2) is 75.0 Å². The number of amides is 1. The molecule has 1 amide bonds. The lowest BCUT2D eigenvalue weighted by molar-refractivity contribution is -0.138. The number of thioether (sulfide) groups is 3. The average Bonchev–Trinajstić information content (AvgIpc) is 3.39. The Morgan fingerprint density at radius 1 is 0.791 bits per heavy atom. The number of hydrogen-bond donors (Lipinski definition) is 0. The van der Waals surface area contributed by atoms with Crippen LogP contribution in [0.15, 0.2) is 55.5 Å². The van der Waals surface area contributed by atoms with E-state index in [-0.39, 0.29) is 26.2 Å². The molecule has 0 saturated carbocycles. The fraction of sp³-hybridized carbons (Fsp3) is 0.345. The van der Waals surface area contributed by atoms with Gasteiger partial charge in [-0.3, -0.25) is 9.69 Å². The molecule has 1 spiro atoms. The van der Waals surface area contributed by atoms with Gasteiger partial charge < -0.3 is 23.7 Å². The van der Waals surface area contributed by atoms with E-state index in [0.29, 0.717) is 27.5 Å². The van der Waals surface area contributed by atoms with Gasteiger partial charge in [0, 0.05) is 16.0 Å². The maximum Gasteiger partial charge on any atom is 0.345 e. The van der Waals surface area contributed by atoms with Gasteiger partial charge in [-0.05, 0) is 45.0 Å². The van der Waals surface area contributed by atoms with Crippen molar-refractivity contribution < 1.29 is 47.7 Å². The average molecular weight is 648 g/mol. The summed E-state index contributed by atoms with van der Waals surface area (Å²) < 4.78 is 24.2. The largest absolute Gasteiger partial charge is 0.497 e. The van der Waals surface area contributed by atoms with Crippen LogP contribution in [-0.2, 0) is 42.9 Å². The number of hydrogen-bond acceptors (Lipinski definition) is 13. The van der Waals surface area contributed by atoms with E-state index in [1.807, 2.05) is 0 Å². The van der Waals surface area contributed by atoms with Crippen molar-refractivity contribution in [2.45, 2.75) is 30.4 Å². The Balaban J connectivity index is 2.20. The zero-order valence-electron chi connectivity index (χ0n) is 24.6. The van der Waals surface area contributed by atoms with Gasteiger partial charge in [-0.1, -0.05) is 41.4 Å². The predicted octanol–water partition coefficient (Wildman–Crippen LogP) is 4.19. The van der Waals surface area contributed by atoms with Crippen molar-refractivity contribution in [3.8, 4) is 5.75 Å². The first-order valence-corrected chi connectivity index (χ1v) is 15.1. The molecule has 0 saturated heterocycles. The highest BCUT2D eigenvalue weighted by atomic mass is 32.2. The summed E-state index contributed by atoms with van der Waals surface area (Å²) in [5.41, 5.74) is 0.139. The molecule has 0 fully saturated rings. The molecule has 0 N–H and O–H groups in total. The topological polar surface area (TPSA) is 135 Å². The van der Waals surface area contributed by atoms with E-state index in [2.05, 4.69) is 0 Å². The Labute approximate surface area is 261 Å². The Morgan fingerprint density at radius 2 is 1.33 bits per heavy atom. The van der Waals surface area contributed by atoms with E-state index in [4.69, 9.17) is 23.7 Å². The number of carbonyl (C=O) groups excluding carboxylic acids is 5. The first-order valence-electron chi connectivity index (χ1n) is 12.7. The van der Waals surface area contributed by atoms with Crippen LogP contribution < -0.4 is 9.64 Å². The number of ether oxygens (including phenoxy) is 5. The summed E-state index contributed by atoms with van der Waals surface area (Å²) in [4.78, 5) is 68.6. The van der Waals surface area contributed by atoms with Crippen LogP contribution in [0.25, 0.3) is 5.57 Å². The van der Waals surface area contributed by atoms with Crippen molar-refractivity contribution in [1.82, 2.24) is 0 Å². The number of benzene rings is 1. The lowest BCUT2D eigenvalue weighted by atomic mass is 9.83. The number of methoxy groups -OCH3 is 5. The van der Waals surface area contributed by atoms with Gasteiger partial charge in [-0.2, -0.15) is 0 Å². The number of rotatable bonds is 6. The molecular formula is C29H29NO10S3. The predicted molar refractivity (Wildman–Crippen MR) is 164 cm³/mol. The molecule has 0 aliphatic carbocycles. The molecule has 0 unspecified atom stereocenters. The Bertz CT molecular complexity index is 1540. The van der Waals surface area contributed by atoms with Crippen LogP contribution in [0.2, 0.25) is 0 Å². The van der Waals surface area contributed by atoms with Crippen molar-refractivity contribution in [2.75, 3.05) is 40.4 Å². The summed E-state index contributed by atoms with van der Waals surface area (Å²) in [5, 5.41) is 0. The number of fused-ring (bicyclic) bond motifs is 3. The highest BCUT2D eigenvalue weighted by molar-refractivity contribution is 8.26. The molecule has 0 bridgehead atoms. The van der Waals surface area contributed by atoms with E-state index in [0.717, 1.165) is 56.6 Å². The zero-order valence-corrected chi connectivity index (χ0v) is 27.1. The normalized spacial score (nSPS) is 18.4. The summed E-state index contributed by atoms with van der Waals surface area (Å²) in [6.07, 6.45) is 3.04. The molecule has 0 radical (unpaired) electrons. The fourth-order valence-electron chi connectivity index (χ4n) is 5.03. The third-order valence-electron chi connectivity index (χ3n) is 6.87. The first-order chi connectivity index (χ1) is 20.4. The third kappa shape index (κ3) is 5.04. The maximum absolute atomic E-state index is 13.7. The minimum atomic E-state index is -1.67. The lowest BCUT2D eigenvalue weighted by Crippen LogP contribution is -2.53. The Hall–Kier alpha value is -3.62. The maximum atomic E-state index is 13.7. The molecule has 4 rings (SSSR count). The van der Waals surface area contributed by atoms with Crippen molar-refractivity contribution in [3.05, 3.63) is 61.1 Å². The van der Waals surface area contributed by atoms with E-state index in [1.54, 1.807) is 49.9 Å². The van der Waals surface area contributed by atoms with Gasteiger partial charge in [0.25, 0.3) is 5.91 Å². The molecule has 11 nitrogen and oxygen atoms in total. The number of nitrogens with zero attached hydrogens (tertiary/aromatic N) is 1. The highest BCUT2D eigenvalue weighted by Crippen LogP contribution is 2.71. The fourth-order valence-corrected chi connectivity index (χ4v) is 10.1. The summed E-state index contributed by atoms with van der Waals surface area (Å²) >= 11 is 2.68. The molecule has 3 aliphatic heterocycles. The van der Waals surface area contributed by atoms with Gasteiger partial charge in [-0.25, -0.2) is 19.2 Å². The van der Waals surface area contributed by atoms with Crippen LogP contribution in [0.4, 0.5) is 5.69 Å². The molecule has 43 heavy (non-hydrogen) atoms. The monoisotopic (exact) mass is 647 g/mol. The second-order valence-electron chi connectivity index (χ2n) is 9.57. The van der Waals surface area contributed by atoms with Gasteiger partial charge in [0.1, 0.15) is 24.5 Å². The van der Waals surface area contributed by atoms with E-state index in [9.17, 15) is 24.0 Å². The quantitative estimate of drug-likeness (QED) is 0.248. The van der Waals surface area contributed by atoms with Crippen molar-refractivity contribution >= 4 is 76.3 Å². The molecule has 0 aromatic heterocycles. The molecule has 1 aromatic carbocycles.